The second-order valence-electron chi connectivity index (χ2n) is 3.55. The van der Waals surface area contributed by atoms with Crippen molar-refractivity contribution in [2.75, 3.05) is 12.4 Å². The molecule has 1 amide bonds. The van der Waals surface area contributed by atoms with Crippen molar-refractivity contribution in [2.24, 2.45) is 0 Å². The molecule has 0 aliphatic rings. The number of furan rings is 1. The fourth-order valence-electron chi connectivity index (χ4n) is 1.34. The third-order valence-corrected chi connectivity index (χ3v) is 2.27. The average Bonchev–Trinajstić information content (AvgIpc) is 2.89. The van der Waals surface area contributed by atoms with E-state index >= 15 is 0 Å². The van der Waals surface area contributed by atoms with E-state index in [-0.39, 0.29) is 11.3 Å². The molecule has 7 heteroatoms. The molecule has 0 radical (unpaired) electrons. The summed E-state index contributed by atoms with van der Waals surface area (Å²) in [5.41, 5.74) is 0.358. The number of aromatic nitrogens is 1. The zero-order chi connectivity index (χ0) is 13.8. The van der Waals surface area contributed by atoms with E-state index in [2.05, 4.69) is 10.3 Å². The molecule has 2 aromatic heterocycles. The Balaban J connectivity index is 2.08. The van der Waals surface area contributed by atoms with Crippen molar-refractivity contribution in [2.45, 2.75) is 0 Å². The van der Waals surface area contributed by atoms with Gasteiger partial charge in [0.2, 0.25) is 5.88 Å². The van der Waals surface area contributed by atoms with E-state index in [9.17, 15) is 9.59 Å². The summed E-state index contributed by atoms with van der Waals surface area (Å²) >= 11 is 0. The maximum Gasteiger partial charge on any atom is 0.338 e. The minimum atomic E-state index is -1.16. The number of hydrogen-bond acceptors (Lipinski definition) is 5. The van der Waals surface area contributed by atoms with Gasteiger partial charge in [0.1, 0.15) is 6.26 Å². The number of hydrogen-bond donors (Lipinski definition) is 2. The quantitative estimate of drug-likeness (QED) is 0.868. The van der Waals surface area contributed by atoms with Crippen LogP contribution in [-0.2, 0) is 0 Å². The van der Waals surface area contributed by atoms with Gasteiger partial charge in [-0.15, -0.1) is 0 Å². The van der Waals surface area contributed by atoms with Crippen LogP contribution in [0.2, 0.25) is 0 Å². The first-order valence-corrected chi connectivity index (χ1v) is 5.23. The Labute approximate surface area is 107 Å². The lowest BCUT2D eigenvalue weighted by molar-refractivity contribution is 0.0696. The number of methoxy groups -OCH3 is 1. The molecule has 0 fully saturated rings. The summed E-state index contributed by atoms with van der Waals surface area (Å²) in [7, 11) is 1.48. The summed E-state index contributed by atoms with van der Waals surface area (Å²) < 4.78 is 9.75. The van der Waals surface area contributed by atoms with Gasteiger partial charge in [0, 0.05) is 12.1 Å². The number of ether oxygens (including phenoxy) is 1. The smallest absolute Gasteiger partial charge is 0.338 e. The number of carbonyl (C=O) groups is 2. The van der Waals surface area contributed by atoms with Crippen LogP contribution in [0.3, 0.4) is 0 Å². The number of amides is 1. The first kappa shape index (κ1) is 12.6. The fourth-order valence-corrected chi connectivity index (χ4v) is 1.34. The van der Waals surface area contributed by atoms with Crippen LogP contribution in [0.1, 0.15) is 20.9 Å². The molecule has 0 aliphatic carbocycles. The Bertz CT molecular complexity index is 603. The molecular weight excluding hydrogens is 252 g/mol. The highest BCUT2D eigenvalue weighted by molar-refractivity contribution is 6.03. The lowest BCUT2D eigenvalue weighted by Gasteiger charge is -2.03. The number of carboxylic acids is 1. The predicted molar refractivity (Wildman–Crippen MR) is 64.4 cm³/mol. The SMILES string of the molecule is COc1ccc(NC(=O)c2cc(C(=O)O)co2)cn1. The molecular formula is C12H10N2O5. The first-order valence-electron chi connectivity index (χ1n) is 5.23. The van der Waals surface area contributed by atoms with Gasteiger partial charge in [-0.05, 0) is 6.07 Å². The monoisotopic (exact) mass is 262 g/mol. The molecule has 0 saturated carbocycles. The maximum absolute atomic E-state index is 11.7. The molecule has 0 atom stereocenters. The number of nitrogens with zero attached hydrogens (tertiary/aromatic N) is 1. The number of rotatable bonds is 4. The number of carboxylic acid groups (broad SMARTS) is 1. The molecule has 0 unspecified atom stereocenters. The standard InChI is InChI=1S/C12H10N2O5/c1-18-10-3-2-8(5-13-10)14-11(15)9-4-7(6-19-9)12(16)17/h2-6H,1H3,(H,14,15)(H,16,17). The lowest BCUT2D eigenvalue weighted by Crippen LogP contribution is -2.11. The summed E-state index contributed by atoms with van der Waals surface area (Å²) in [6, 6.07) is 4.33. The van der Waals surface area contributed by atoms with Crippen LogP contribution in [-0.4, -0.2) is 29.1 Å². The van der Waals surface area contributed by atoms with E-state index < -0.39 is 11.9 Å². The van der Waals surface area contributed by atoms with E-state index in [1.54, 1.807) is 12.1 Å². The molecule has 98 valence electrons. The number of pyridine rings is 1. The van der Waals surface area contributed by atoms with Crippen molar-refractivity contribution in [3.8, 4) is 5.88 Å². The summed E-state index contributed by atoms with van der Waals surface area (Å²) in [6.45, 7) is 0. The summed E-state index contributed by atoms with van der Waals surface area (Å²) in [5, 5.41) is 11.2. The largest absolute Gasteiger partial charge is 0.481 e. The topological polar surface area (TPSA) is 102 Å². The van der Waals surface area contributed by atoms with Gasteiger partial charge in [0.05, 0.1) is 24.6 Å². The van der Waals surface area contributed by atoms with Crippen LogP contribution in [0.5, 0.6) is 5.88 Å². The van der Waals surface area contributed by atoms with Crippen molar-refractivity contribution in [3.05, 3.63) is 42.0 Å². The predicted octanol–water partition coefficient (Wildman–Crippen LogP) is 1.63. The minimum Gasteiger partial charge on any atom is -0.481 e. The van der Waals surface area contributed by atoms with Crippen molar-refractivity contribution < 1.29 is 23.8 Å². The Hall–Kier alpha value is -2.83. The number of anilines is 1. The molecule has 0 saturated heterocycles. The average molecular weight is 262 g/mol. The van der Waals surface area contributed by atoms with Crippen LogP contribution in [0.25, 0.3) is 0 Å². The van der Waals surface area contributed by atoms with Crippen molar-refractivity contribution in [1.82, 2.24) is 4.98 Å². The van der Waals surface area contributed by atoms with Gasteiger partial charge in [-0.25, -0.2) is 9.78 Å². The molecule has 7 nitrogen and oxygen atoms in total. The van der Waals surface area contributed by atoms with Gasteiger partial charge in [-0.3, -0.25) is 4.79 Å². The Morgan fingerprint density at radius 1 is 1.42 bits per heavy atom. The van der Waals surface area contributed by atoms with Crippen LogP contribution in [0.4, 0.5) is 5.69 Å². The molecule has 0 aliphatic heterocycles. The van der Waals surface area contributed by atoms with E-state index in [0.29, 0.717) is 11.6 Å². The second kappa shape index (κ2) is 5.21. The third-order valence-electron chi connectivity index (χ3n) is 2.27. The van der Waals surface area contributed by atoms with Crippen molar-refractivity contribution in [3.63, 3.8) is 0 Å². The summed E-state index contributed by atoms with van der Waals surface area (Å²) in [4.78, 5) is 26.3. The molecule has 19 heavy (non-hydrogen) atoms. The third kappa shape index (κ3) is 2.89. The number of nitrogens with one attached hydrogen (secondary N) is 1. The zero-order valence-corrected chi connectivity index (χ0v) is 9.91. The second-order valence-corrected chi connectivity index (χ2v) is 3.55. The Kier molecular flexibility index (Phi) is 3.46. The molecule has 0 spiro atoms. The van der Waals surface area contributed by atoms with Gasteiger partial charge in [0.25, 0.3) is 5.91 Å². The van der Waals surface area contributed by atoms with Gasteiger partial charge in [0.15, 0.2) is 5.76 Å². The van der Waals surface area contributed by atoms with Gasteiger partial charge < -0.3 is 19.6 Å². The van der Waals surface area contributed by atoms with E-state index in [1.165, 1.54) is 13.3 Å². The number of aromatic carboxylic acids is 1. The summed E-state index contributed by atoms with van der Waals surface area (Å²) in [6.07, 6.45) is 2.42. The fraction of sp³-hybridized carbons (Fsp3) is 0.0833. The van der Waals surface area contributed by atoms with Gasteiger partial charge in [-0.1, -0.05) is 0 Å². The van der Waals surface area contributed by atoms with E-state index in [1.807, 2.05) is 0 Å². The lowest BCUT2D eigenvalue weighted by atomic mass is 10.3. The minimum absolute atomic E-state index is 0.0852. The van der Waals surface area contributed by atoms with Gasteiger partial charge in [-0.2, -0.15) is 0 Å². The van der Waals surface area contributed by atoms with Crippen molar-refractivity contribution >= 4 is 17.6 Å². The van der Waals surface area contributed by atoms with Gasteiger partial charge >= 0.3 is 5.97 Å². The Morgan fingerprint density at radius 2 is 2.21 bits per heavy atom. The van der Waals surface area contributed by atoms with E-state index in [4.69, 9.17) is 14.3 Å². The van der Waals surface area contributed by atoms with E-state index in [0.717, 1.165) is 12.3 Å². The number of carbonyl (C=O) groups excluding carboxylic acids is 1. The van der Waals surface area contributed by atoms with Crippen molar-refractivity contribution in [1.29, 1.82) is 0 Å². The molecule has 2 aromatic rings. The maximum atomic E-state index is 11.7. The molecule has 2 rings (SSSR count). The van der Waals surface area contributed by atoms with Crippen LogP contribution in [0.15, 0.2) is 35.1 Å². The normalized spacial score (nSPS) is 9.95. The zero-order valence-electron chi connectivity index (χ0n) is 9.91. The molecule has 2 heterocycles. The first-order chi connectivity index (χ1) is 9.10. The summed E-state index contributed by atoms with van der Waals surface area (Å²) in [5.74, 6) is -1.38. The molecule has 2 N–H and O–H groups in total. The highest BCUT2D eigenvalue weighted by Gasteiger charge is 2.14. The van der Waals surface area contributed by atoms with Crippen LogP contribution in [0, 0.1) is 0 Å². The Morgan fingerprint density at radius 3 is 2.74 bits per heavy atom. The van der Waals surface area contributed by atoms with Crippen LogP contribution < -0.4 is 10.1 Å². The molecule has 0 aromatic carbocycles. The molecule has 0 bridgehead atoms. The van der Waals surface area contributed by atoms with Crippen LogP contribution >= 0.6 is 0 Å². The highest BCUT2D eigenvalue weighted by Crippen LogP contribution is 2.14. The highest BCUT2D eigenvalue weighted by atomic mass is 16.5.